The third kappa shape index (κ3) is 6.89. The molecule has 1 fully saturated rings. The monoisotopic (exact) mass is 475 g/mol. The lowest BCUT2D eigenvalue weighted by atomic mass is 10.2. The standard InChI is InChI=1S/C12H10N2O2.C10H9NOS.C5H10/c13-12(16)9-4-6-10(7-5-9)14-8-2-1-3-11(14)15;1-6-2-3-7-5-9(10(11)12)13-8(7)4-6;1-2-4-5-3-1/h1-8H,(H2,13,16);2-5H,1H3,(H2,11,12);1-5H2. The lowest BCUT2D eigenvalue weighted by Gasteiger charge is -2.04. The van der Waals surface area contributed by atoms with Gasteiger partial charge in [-0.2, -0.15) is 0 Å². The van der Waals surface area contributed by atoms with E-state index in [4.69, 9.17) is 11.5 Å². The Morgan fingerprint density at radius 3 is 2.03 bits per heavy atom. The maximum Gasteiger partial charge on any atom is 0.258 e. The number of pyridine rings is 1. The van der Waals surface area contributed by atoms with Gasteiger partial charge in [0.25, 0.3) is 11.5 Å². The van der Waals surface area contributed by atoms with E-state index in [0.29, 0.717) is 16.1 Å². The van der Waals surface area contributed by atoms with Crippen LogP contribution in [0.15, 0.2) is 77.7 Å². The normalized spacial score (nSPS) is 12.3. The lowest BCUT2D eigenvalue weighted by Crippen LogP contribution is -2.16. The summed E-state index contributed by atoms with van der Waals surface area (Å²) >= 11 is 1.44. The van der Waals surface area contributed by atoms with Gasteiger partial charge >= 0.3 is 0 Å². The number of hydrogen-bond acceptors (Lipinski definition) is 4. The highest BCUT2D eigenvalue weighted by molar-refractivity contribution is 7.20. The van der Waals surface area contributed by atoms with Gasteiger partial charge in [0.1, 0.15) is 0 Å². The summed E-state index contributed by atoms with van der Waals surface area (Å²) in [7, 11) is 0. The summed E-state index contributed by atoms with van der Waals surface area (Å²) in [5.41, 5.74) is 12.5. The first-order chi connectivity index (χ1) is 16.3. The number of benzene rings is 2. The number of hydrogen-bond donors (Lipinski definition) is 2. The summed E-state index contributed by atoms with van der Waals surface area (Å²) < 4.78 is 2.61. The third-order valence-corrected chi connectivity index (χ3v) is 6.53. The Bertz CT molecular complexity index is 1310. The number of thiophene rings is 1. The predicted molar refractivity (Wildman–Crippen MR) is 139 cm³/mol. The highest BCUT2D eigenvalue weighted by atomic mass is 32.1. The van der Waals surface area contributed by atoms with E-state index in [2.05, 4.69) is 6.07 Å². The molecule has 0 saturated heterocycles. The molecule has 5 rings (SSSR count). The average molecular weight is 476 g/mol. The molecule has 1 aliphatic carbocycles. The van der Waals surface area contributed by atoms with Crippen molar-refractivity contribution in [2.75, 3.05) is 0 Å². The molecule has 7 heteroatoms. The topological polar surface area (TPSA) is 108 Å². The van der Waals surface area contributed by atoms with E-state index in [-0.39, 0.29) is 11.5 Å². The molecule has 2 heterocycles. The zero-order valence-corrected chi connectivity index (χ0v) is 20.0. The van der Waals surface area contributed by atoms with Gasteiger partial charge in [-0.25, -0.2) is 0 Å². The van der Waals surface area contributed by atoms with Crippen molar-refractivity contribution >= 4 is 33.2 Å². The van der Waals surface area contributed by atoms with Crippen molar-refractivity contribution in [3.63, 3.8) is 0 Å². The van der Waals surface area contributed by atoms with Crippen molar-refractivity contribution in [2.24, 2.45) is 11.5 Å². The van der Waals surface area contributed by atoms with Gasteiger partial charge in [0.15, 0.2) is 0 Å². The summed E-state index contributed by atoms with van der Waals surface area (Å²) in [4.78, 5) is 33.9. The van der Waals surface area contributed by atoms with Crippen LogP contribution in [-0.2, 0) is 0 Å². The Morgan fingerprint density at radius 1 is 0.824 bits per heavy atom. The number of aryl methyl sites for hydroxylation is 1. The Morgan fingerprint density at radius 2 is 1.47 bits per heavy atom. The largest absolute Gasteiger partial charge is 0.366 e. The predicted octanol–water partition coefficient (Wildman–Crippen LogP) is 5.20. The fourth-order valence-electron chi connectivity index (χ4n) is 3.57. The first kappa shape index (κ1) is 24.9. The van der Waals surface area contributed by atoms with E-state index in [1.165, 1.54) is 59.6 Å². The van der Waals surface area contributed by atoms with Gasteiger partial charge in [-0.05, 0) is 60.3 Å². The number of nitrogens with two attached hydrogens (primary N) is 2. The quantitative estimate of drug-likeness (QED) is 0.425. The van der Waals surface area contributed by atoms with Crippen LogP contribution >= 0.6 is 11.3 Å². The maximum absolute atomic E-state index is 11.5. The van der Waals surface area contributed by atoms with Crippen molar-refractivity contribution in [3.05, 3.63) is 99.3 Å². The summed E-state index contributed by atoms with van der Waals surface area (Å²) in [6, 6.07) is 19.4. The molecule has 0 atom stereocenters. The summed E-state index contributed by atoms with van der Waals surface area (Å²) in [5.74, 6) is -0.828. The number of fused-ring (bicyclic) bond motifs is 1. The molecular weight excluding hydrogens is 446 g/mol. The zero-order chi connectivity index (χ0) is 24.5. The molecule has 0 bridgehead atoms. The van der Waals surface area contributed by atoms with Crippen LogP contribution in [0, 0.1) is 6.92 Å². The lowest BCUT2D eigenvalue weighted by molar-refractivity contribution is 0.0993. The molecule has 4 aromatic rings. The molecule has 0 unspecified atom stereocenters. The number of amides is 2. The van der Waals surface area contributed by atoms with Crippen molar-refractivity contribution < 1.29 is 9.59 Å². The number of carbonyl (C=O) groups is 2. The van der Waals surface area contributed by atoms with E-state index >= 15 is 0 Å². The van der Waals surface area contributed by atoms with E-state index < -0.39 is 5.91 Å². The first-order valence-corrected chi connectivity index (χ1v) is 12.0. The van der Waals surface area contributed by atoms with Crippen LogP contribution in [0.3, 0.4) is 0 Å². The van der Waals surface area contributed by atoms with E-state index in [0.717, 1.165) is 10.1 Å². The second-order valence-corrected chi connectivity index (χ2v) is 9.19. The molecule has 0 spiro atoms. The summed E-state index contributed by atoms with van der Waals surface area (Å²) in [6.07, 6.45) is 9.17. The Balaban J connectivity index is 0.000000161. The molecule has 6 nitrogen and oxygen atoms in total. The van der Waals surface area contributed by atoms with Crippen LogP contribution in [0.2, 0.25) is 0 Å². The Hall–Kier alpha value is -3.71. The van der Waals surface area contributed by atoms with Gasteiger partial charge in [0.05, 0.1) is 4.88 Å². The molecule has 2 aromatic carbocycles. The fourth-order valence-corrected chi connectivity index (χ4v) is 4.58. The maximum atomic E-state index is 11.5. The highest BCUT2D eigenvalue weighted by Gasteiger charge is 2.05. The summed E-state index contributed by atoms with van der Waals surface area (Å²) in [5, 5.41) is 1.09. The van der Waals surface area contributed by atoms with Gasteiger partial charge in [-0.1, -0.05) is 50.3 Å². The first-order valence-electron chi connectivity index (χ1n) is 11.2. The van der Waals surface area contributed by atoms with Crippen LogP contribution in [0.4, 0.5) is 0 Å². The molecule has 0 aliphatic heterocycles. The molecule has 1 aliphatic rings. The van der Waals surface area contributed by atoms with E-state index in [1.54, 1.807) is 42.6 Å². The number of primary amides is 2. The minimum atomic E-state index is -0.480. The molecule has 1 saturated carbocycles. The molecule has 2 aromatic heterocycles. The van der Waals surface area contributed by atoms with Crippen molar-refractivity contribution in [1.29, 1.82) is 0 Å². The average Bonchev–Trinajstić information content (AvgIpc) is 3.53. The van der Waals surface area contributed by atoms with Crippen LogP contribution in [0.25, 0.3) is 15.8 Å². The van der Waals surface area contributed by atoms with Gasteiger partial charge in [-0.15, -0.1) is 11.3 Å². The minimum Gasteiger partial charge on any atom is -0.366 e. The molecule has 4 N–H and O–H groups in total. The number of aromatic nitrogens is 1. The molecular formula is C27H29N3O3S. The second kappa shape index (κ2) is 12.0. The van der Waals surface area contributed by atoms with Crippen LogP contribution in [0.1, 0.15) is 57.7 Å². The van der Waals surface area contributed by atoms with Crippen molar-refractivity contribution in [3.8, 4) is 5.69 Å². The third-order valence-electron chi connectivity index (χ3n) is 5.42. The fraction of sp³-hybridized carbons (Fsp3) is 0.222. The van der Waals surface area contributed by atoms with E-state index in [9.17, 15) is 14.4 Å². The zero-order valence-electron chi connectivity index (χ0n) is 19.2. The molecule has 2 amide bonds. The Kier molecular flexibility index (Phi) is 8.76. The van der Waals surface area contributed by atoms with Crippen molar-refractivity contribution in [2.45, 2.75) is 39.0 Å². The van der Waals surface area contributed by atoms with Crippen LogP contribution in [0.5, 0.6) is 0 Å². The van der Waals surface area contributed by atoms with Crippen LogP contribution in [-0.4, -0.2) is 16.4 Å². The van der Waals surface area contributed by atoms with E-state index in [1.807, 2.05) is 25.1 Å². The second-order valence-electron chi connectivity index (χ2n) is 8.10. The SMILES string of the molecule is C1CCCC1.Cc1ccc2cc(C(N)=O)sc2c1.NC(=O)c1ccc(-n2ccccc2=O)cc1. The van der Waals surface area contributed by atoms with Gasteiger partial charge in [0, 0.05) is 28.2 Å². The van der Waals surface area contributed by atoms with Crippen molar-refractivity contribution in [1.82, 2.24) is 4.57 Å². The van der Waals surface area contributed by atoms with Gasteiger partial charge in [0.2, 0.25) is 5.91 Å². The Labute approximate surface area is 202 Å². The number of rotatable bonds is 3. The smallest absolute Gasteiger partial charge is 0.258 e. The molecule has 176 valence electrons. The van der Waals surface area contributed by atoms with Gasteiger partial charge < -0.3 is 11.5 Å². The van der Waals surface area contributed by atoms with Crippen LogP contribution < -0.4 is 17.0 Å². The number of nitrogens with zero attached hydrogens (tertiary/aromatic N) is 1. The van der Waals surface area contributed by atoms with Gasteiger partial charge in [-0.3, -0.25) is 19.0 Å². The number of carbonyl (C=O) groups excluding carboxylic acids is 2. The summed E-state index contributed by atoms with van der Waals surface area (Å²) in [6.45, 7) is 2.03. The highest BCUT2D eigenvalue weighted by Crippen LogP contribution is 2.26. The minimum absolute atomic E-state index is 0.116. The molecule has 0 radical (unpaired) electrons. The molecule has 34 heavy (non-hydrogen) atoms.